The van der Waals surface area contributed by atoms with Crippen LogP contribution >= 0.6 is 0 Å². The summed E-state index contributed by atoms with van der Waals surface area (Å²) in [6, 6.07) is 22.1. The highest BCUT2D eigenvalue weighted by Crippen LogP contribution is 2.19. The normalized spacial score (nSPS) is 12.7. The lowest BCUT2D eigenvalue weighted by molar-refractivity contribution is -0.153. The van der Waals surface area contributed by atoms with Gasteiger partial charge in [-0.2, -0.15) is 0 Å². The van der Waals surface area contributed by atoms with Crippen molar-refractivity contribution in [2.75, 3.05) is 5.32 Å². The minimum Gasteiger partial charge on any atom is -0.452 e. The monoisotopic (exact) mass is 495 g/mol. The molecule has 0 spiro atoms. The summed E-state index contributed by atoms with van der Waals surface area (Å²) in [6.07, 6.45) is -1.33. The molecule has 0 aliphatic heterocycles. The first kappa shape index (κ1) is 25.6. The van der Waals surface area contributed by atoms with E-state index in [1.807, 2.05) is 6.07 Å². The van der Waals surface area contributed by atoms with Crippen LogP contribution in [-0.4, -0.2) is 32.3 Å². The molecule has 0 radical (unpaired) electrons. The highest BCUT2D eigenvalue weighted by molar-refractivity contribution is 7.89. The second-order valence-corrected chi connectivity index (χ2v) is 9.26. The van der Waals surface area contributed by atoms with E-state index in [1.54, 1.807) is 54.6 Å². The Labute approximate surface area is 203 Å². The van der Waals surface area contributed by atoms with E-state index in [-0.39, 0.29) is 17.2 Å². The molecule has 3 aromatic carbocycles. The summed E-state index contributed by atoms with van der Waals surface area (Å²) in [5, 5.41) is 10.4. The summed E-state index contributed by atoms with van der Waals surface area (Å²) in [4.78, 5) is 37.6. The number of anilines is 1. The van der Waals surface area contributed by atoms with E-state index in [9.17, 15) is 22.8 Å². The van der Waals surface area contributed by atoms with Crippen molar-refractivity contribution >= 4 is 33.5 Å². The summed E-state index contributed by atoms with van der Waals surface area (Å²) in [6.45, 7) is 1.41. The average molecular weight is 496 g/mol. The van der Waals surface area contributed by atoms with Crippen molar-refractivity contribution < 1.29 is 27.5 Å². The number of sulfonamides is 1. The number of hydrogen-bond acceptors (Lipinski definition) is 6. The first-order valence-corrected chi connectivity index (χ1v) is 12.2. The molecule has 2 amide bonds. The fourth-order valence-corrected chi connectivity index (χ4v) is 3.72. The van der Waals surface area contributed by atoms with E-state index >= 15 is 0 Å². The summed E-state index contributed by atoms with van der Waals surface area (Å²) < 4.78 is 28.0. The van der Waals surface area contributed by atoms with Gasteiger partial charge in [0.2, 0.25) is 10.0 Å². The Morgan fingerprint density at radius 3 is 2.03 bits per heavy atom. The maximum absolute atomic E-state index is 12.7. The topological polar surface area (TPSA) is 145 Å². The van der Waals surface area contributed by atoms with Crippen molar-refractivity contribution in [3.05, 3.63) is 96.1 Å². The fraction of sp³-hybridized carbons (Fsp3) is 0.160. The number of benzene rings is 3. The lowest BCUT2D eigenvalue weighted by Crippen LogP contribution is -2.33. The molecule has 3 rings (SSSR count). The number of primary sulfonamides is 1. The number of ether oxygens (including phenoxy) is 1. The third-order valence-corrected chi connectivity index (χ3v) is 5.97. The van der Waals surface area contributed by atoms with Gasteiger partial charge < -0.3 is 15.4 Å². The quantitative estimate of drug-likeness (QED) is 0.389. The smallest absolute Gasteiger partial charge is 0.309 e. The number of nitrogens with two attached hydrogens (primary N) is 1. The number of carbonyl (C=O) groups is 3. The molecule has 35 heavy (non-hydrogen) atoms. The van der Waals surface area contributed by atoms with Crippen molar-refractivity contribution in [1.82, 2.24) is 5.32 Å². The van der Waals surface area contributed by atoms with Crippen LogP contribution in [0, 0.1) is 0 Å². The van der Waals surface area contributed by atoms with Crippen LogP contribution in [0.25, 0.3) is 0 Å². The summed E-state index contributed by atoms with van der Waals surface area (Å²) in [5.41, 5.74) is 1.46. The minimum atomic E-state index is -3.85. The molecule has 4 N–H and O–H groups in total. The molecule has 0 saturated heterocycles. The minimum absolute atomic E-state index is 0.0977. The van der Waals surface area contributed by atoms with E-state index in [4.69, 9.17) is 9.88 Å². The van der Waals surface area contributed by atoms with Gasteiger partial charge >= 0.3 is 5.97 Å². The summed E-state index contributed by atoms with van der Waals surface area (Å²) in [7, 11) is -3.85. The number of carbonyl (C=O) groups excluding carboxylic acids is 3. The van der Waals surface area contributed by atoms with Gasteiger partial charge in [0.1, 0.15) is 0 Å². The first-order valence-electron chi connectivity index (χ1n) is 10.7. The zero-order chi connectivity index (χ0) is 25.4. The molecule has 0 saturated carbocycles. The van der Waals surface area contributed by atoms with Crippen LogP contribution in [0.1, 0.15) is 35.3 Å². The molecule has 0 aliphatic carbocycles. The zero-order valence-electron chi connectivity index (χ0n) is 18.9. The molecule has 0 fully saturated rings. The molecule has 3 aromatic rings. The van der Waals surface area contributed by atoms with E-state index in [2.05, 4.69) is 10.6 Å². The van der Waals surface area contributed by atoms with Crippen LogP contribution in [0.15, 0.2) is 89.8 Å². The Balaban J connectivity index is 1.62. The fourth-order valence-electron chi connectivity index (χ4n) is 3.21. The van der Waals surface area contributed by atoms with Crippen molar-refractivity contribution in [2.45, 2.75) is 30.4 Å². The number of nitrogens with one attached hydrogen (secondary N) is 2. The van der Waals surface area contributed by atoms with Gasteiger partial charge in [0, 0.05) is 11.3 Å². The predicted octanol–water partition coefficient (Wildman–Crippen LogP) is 2.77. The molecule has 182 valence electrons. The Morgan fingerprint density at radius 2 is 1.46 bits per heavy atom. The van der Waals surface area contributed by atoms with Gasteiger partial charge in [0.05, 0.1) is 17.4 Å². The molecular formula is C25H25N3O6S. The highest BCUT2D eigenvalue weighted by Gasteiger charge is 2.24. The largest absolute Gasteiger partial charge is 0.452 e. The number of amides is 2. The second kappa shape index (κ2) is 11.4. The molecule has 0 bridgehead atoms. The van der Waals surface area contributed by atoms with Gasteiger partial charge in [0.15, 0.2) is 6.10 Å². The third-order valence-electron chi connectivity index (χ3n) is 5.04. The van der Waals surface area contributed by atoms with E-state index < -0.39 is 34.0 Å². The van der Waals surface area contributed by atoms with Gasteiger partial charge in [-0.15, -0.1) is 0 Å². The molecule has 0 aliphatic rings. The average Bonchev–Trinajstić information content (AvgIpc) is 2.84. The lowest BCUT2D eigenvalue weighted by Gasteiger charge is -2.20. The molecule has 0 aromatic heterocycles. The van der Waals surface area contributed by atoms with Crippen LogP contribution in [0.5, 0.6) is 0 Å². The van der Waals surface area contributed by atoms with Gasteiger partial charge in [-0.05, 0) is 48.9 Å². The van der Waals surface area contributed by atoms with Gasteiger partial charge in [-0.1, -0.05) is 48.5 Å². The molecular weight excluding hydrogens is 470 g/mol. The summed E-state index contributed by atoms with van der Waals surface area (Å²) in [5.74, 6) is -1.63. The van der Waals surface area contributed by atoms with E-state index in [0.29, 0.717) is 16.8 Å². The van der Waals surface area contributed by atoms with Gasteiger partial charge in [-0.25, -0.2) is 13.6 Å². The van der Waals surface area contributed by atoms with Crippen molar-refractivity contribution in [3.8, 4) is 0 Å². The number of esters is 1. The first-order chi connectivity index (χ1) is 16.6. The standard InChI is InChI=1S/C25H25N3O6S/c1-17(24(30)27-20-12-14-21(15-13-20)35(26,32)33)34-23(29)16-22(18-8-4-2-5-9-18)28-25(31)19-10-6-3-7-11-19/h2-15,17,22H,16H2,1H3,(H,27,30)(H,28,31)(H2,26,32,33)/t17-,22+/m0/s1. The second-order valence-electron chi connectivity index (χ2n) is 7.70. The highest BCUT2D eigenvalue weighted by atomic mass is 32.2. The van der Waals surface area contributed by atoms with Gasteiger partial charge in [0.25, 0.3) is 11.8 Å². The van der Waals surface area contributed by atoms with Crippen LogP contribution in [0.4, 0.5) is 5.69 Å². The van der Waals surface area contributed by atoms with Crippen LogP contribution in [-0.2, 0) is 24.3 Å². The lowest BCUT2D eigenvalue weighted by atomic mass is 10.0. The predicted molar refractivity (Wildman–Crippen MR) is 130 cm³/mol. The Hall–Kier alpha value is -4.02. The van der Waals surface area contributed by atoms with Gasteiger partial charge in [-0.3, -0.25) is 14.4 Å². The maximum Gasteiger partial charge on any atom is 0.309 e. The number of hydrogen-bond donors (Lipinski definition) is 3. The van der Waals surface area contributed by atoms with Crippen molar-refractivity contribution in [1.29, 1.82) is 0 Å². The molecule has 10 heteroatoms. The van der Waals surface area contributed by atoms with Crippen molar-refractivity contribution in [2.24, 2.45) is 5.14 Å². The van der Waals surface area contributed by atoms with E-state index in [0.717, 1.165) is 0 Å². The summed E-state index contributed by atoms with van der Waals surface area (Å²) >= 11 is 0. The van der Waals surface area contributed by atoms with Crippen LogP contribution in [0.2, 0.25) is 0 Å². The molecule has 0 unspecified atom stereocenters. The SMILES string of the molecule is C[C@H](OC(=O)C[C@@H](NC(=O)c1ccccc1)c1ccccc1)C(=O)Nc1ccc(S(N)(=O)=O)cc1. The molecule has 0 heterocycles. The Bertz CT molecular complexity index is 1280. The van der Waals surface area contributed by atoms with E-state index in [1.165, 1.54) is 31.2 Å². The maximum atomic E-state index is 12.7. The Morgan fingerprint density at radius 1 is 0.886 bits per heavy atom. The molecule has 2 atom stereocenters. The zero-order valence-corrected chi connectivity index (χ0v) is 19.7. The molecule has 9 nitrogen and oxygen atoms in total. The van der Waals surface area contributed by atoms with Crippen LogP contribution in [0.3, 0.4) is 0 Å². The van der Waals surface area contributed by atoms with Crippen LogP contribution < -0.4 is 15.8 Å². The van der Waals surface area contributed by atoms with Crippen molar-refractivity contribution in [3.63, 3.8) is 0 Å². The third kappa shape index (κ3) is 7.49. The Kier molecular flexibility index (Phi) is 8.34. The number of rotatable bonds is 9.